The lowest BCUT2D eigenvalue weighted by atomic mass is 9.98. The molecular weight excluding hydrogens is 673 g/mol. The Kier molecular flexibility index (Phi) is 7.68. The summed E-state index contributed by atoms with van der Waals surface area (Å²) in [6.45, 7) is 1.21. The second kappa shape index (κ2) is 12.5. The number of thiazole rings is 1. The molecule has 4 bridgehead atoms. The van der Waals surface area contributed by atoms with Gasteiger partial charge >= 0.3 is 0 Å². The summed E-state index contributed by atoms with van der Waals surface area (Å²) in [5, 5.41) is 12.8. The fourth-order valence-electron chi connectivity index (χ4n) is 7.43. The van der Waals surface area contributed by atoms with Crippen LogP contribution in [0.3, 0.4) is 0 Å². The van der Waals surface area contributed by atoms with Gasteiger partial charge in [-0.15, -0.1) is 11.3 Å². The van der Waals surface area contributed by atoms with Crippen molar-refractivity contribution in [1.82, 2.24) is 39.4 Å². The van der Waals surface area contributed by atoms with Crippen LogP contribution in [0, 0.1) is 11.6 Å². The Hall–Kier alpha value is -5.76. The highest BCUT2D eigenvalue weighted by atomic mass is 32.1. The maximum absolute atomic E-state index is 14.9. The van der Waals surface area contributed by atoms with Crippen molar-refractivity contribution in [1.29, 1.82) is 0 Å². The molecule has 6 heterocycles. The molecule has 256 valence electrons. The monoisotopic (exact) mass is 703 g/mol. The topological polar surface area (TPSA) is 107 Å². The maximum atomic E-state index is 14.9. The summed E-state index contributed by atoms with van der Waals surface area (Å²) in [6, 6.07) is 16.9. The Morgan fingerprint density at radius 1 is 1.04 bits per heavy atom. The Balaban J connectivity index is 1.14. The summed E-state index contributed by atoms with van der Waals surface area (Å²) >= 11 is 1.49. The number of carbonyl (C=O) groups is 1. The van der Waals surface area contributed by atoms with Crippen LogP contribution in [0.1, 0.15) is 24.2 Å². The zero-order valence-electron chi connectivity index (χ0n) is 27.5. The molecule has 1 amide bonds. The number of nitrogens with zero attached hydrogens (tertiary/aromatic N) is 9. The molecule has 3 aromatic carbocycles. The minimum absolute atomic E-state index is 0.0503. The van der Waals surface area contributed by atoms with Gasteiger partial charge in [0.05, 0.1) is 41.4 Å². The number of hydrogen-bond acceptors (Lipinski definition) is 9. The molecule has 1 saturated heterocycles. The van der Waals surface area contributed by atoms with Gasteiger partial charge in [0.25, 0.3) is 0 Å². The van der Waals surface area contributed by atoms with E-state index in [2.05, 4.69) is 32.2 Å². The lowest BCUT2D eigenvalue weighted by Gasteiger charge is -2.30. The predicted molar refractivity (Wildman–Crippen MR) is 189 cm³/mol. The number of ether oxygens (including phenoxy) is 1. The number of benzene rings is 3. The average molecular weight is 704 g/mol. The molecule has 0 N–H and O–H groups in total. The fraction of sp³-hybridized carbons (Fsp3) is 0.243. The van der Waals surface area contributed by atoms with Crippen molar-refractivity contribution < 1.29 is 18.3 Å². The van der Waals surface area contributed by atoms with Crippen molar-refractivity contribution >= 4 is 45.0 Å². The van der Waals surface area contributed by atoms with Crippen molar-refractivity contribution in [3.8, 4) is 22.6 Å². The van der Waals surface area contributed by atoms with Crippen LogP contribution < -0.4 is 9.64 Å². The average Bonchev–Trinajstić information content (AvgIpc) is 3.94. The van der Waals surface area contributed by atoms with Gasteiger partial charge in [-0.3, -0.25) is 9.48 Å². The van der Waals surface area contributed by atoms with E-state index in [0.29, 0.717) is 61.5 Å². The number of hydrogen-bond donors (Lipinski definition) is 0. The molecule has 51 heavy (non-hydrogen) atoms. The zero-order valence-corrected chi connectivity index (χ0v) is 28.3. The molecule has 0 unspecified atom stereocenters. The van der Waals surface area contributed by atoms with Crippen LogP contribution in [0.5, 0.6) is 5.75 Å². The second-order valence-corrected chi connectivity index (χ2v) is 13.6. The Morgan fingerprint density at radius 2 is 1.94 bits per heavy atom. The van der Waals surface area contributed by atoms with Gasteiger partial charge in [-0.25, -0.2) is 28.4 Å². The van der Waals surface area contributed by atoms with E-state index in [1.165, 1.54) is 34.5 Å². The molecule has 0 spiro atoms. The molecule has 2 atom stereocenters. The van der Waals surface area contributed by atoms with Gasteiger partial charge in [0.1, 0.15) is 41.5 Å². The van der Waals surface area contributed by atoms with Crippen LogP contribution in [0.4, 0.5) is 14.6 Å². The summed E-state index contributed by atoms with van der Waals surface area (Å²) < 4.78 is 38.6. The zero-order chi connectivity index (χ0) is 34.6. The number of rotatable bonds is 4. The van der Waals surface area contributed by atoms with E-state index >= 15 is 0 Å². The van der Waals surface area contributed by atoms with Gasteiger partial charge in [0, 0.05) is 42.5 Å². The number of halogens is 2. The number of aryl methyl sites for hydroxylation is 2. The van der Waals surface area contributed by atoms with Gasteiger partial charge < -0.3 is 14.5 Å². The molecule has 4 aromatic heterocycles. The number of amides is 1. The molecule has 0 radical (unpaired) electrons. The summed E-state index contributed by atoms with van der Waals surface area (Å²) in [5.41, 5.74) is 7.10. The van der Waals surface area contributed by atoms with E-state index in [4.69, 9.17) is 9.84 Å². The van der Waals surface area contributed by atoms with E-state index in [-0.39, 0.29) is 17.7 Å². The highest BCUT2D eigenvalue weighted by molar-refractivity contribution is 7.07. The quantitative estimate of drug-likeness (QED) is 0.217. The van der Waals surface area contributed by atoms with E-state index < -0.39 is 17.7 Å². The van der Waals surface area contributed by atoms with Crippen LogP contribution in [0.15, 0.2) is 84.1 Å². The molecule has 2 aliphatic rings. The Morgan fingerprint density at radius 3 is 2.80 bits per heavy atom. The highest BCUT2D eigenvalue weighted by Gasteiger charge is 2.42. The lowest BCUT2D eigenvalue weighted by Crippen LogP contribution is -2.46. The first-order chi connectivity index (χ1) is 24.9. The van der Waals surface area contributed by atoms with Crippen molar-refractivity contribution in [3.63, 3.8) is 0 Å². The first-order valence-electron chi connectivity index (χ1n) is 16.7. The summed E-state index contributed by atoms with van der Waals surface area (Å²) in [6.07, 6.45) is 4.39. The second-order valence-electron chi connectivity index (χ2n) is 12.9. The molecular formula is C37H31F2N9O2S. The molecule has 9 rings (SSSR count). The molecule has 7 aromatic rings. The van der Waals surface area contributed by atoms with Crippen LogP contribution >= 0.6 is 11.3 Å². The smallest absolute Gasteiger partial charge is 0.245 e. The molecule has 2 aliphatic heterocycles. The lowest BCUT2D eigenvalue weighted by molar-refractivity contribution is -0.133. The molecule has 0 aliphatic carbocycles. The van der Waals surface area contributed by atoms with Gasteiger partial charge in [0.15, 0.2) is 11.5 Å². The maximum Gasteiger partial charge on any atom is 0.245 e. The summed E-state index contributed by atoms with van der Waals surface area (Å²) in [7, 11) is 1.97. The SMILES string of the molecule is Cn1nc2cccc3c2c1CCCN(Cc1cscn1)C(=O)[C@@H]1C[C@@H](CN1c1ncnc2c1cnn2-c1ccc(F)cc1F)Oc1cccc-3c1. The largest absolute Gasteiger partial charge is 0.488 e. The van der Waals surface area contributed by atoms with Gasteiger partial charge in [0.2, 0.25) is 5.91 Å². The van der Waals surface area contributed by atoms with Crippen molar-refractivity contribution in [2.24, 2.45) is 7.05 Å². The van der Waals surface area contributed by atoms with E-state index in [9.17, 15) is 13.6 Å². The standard InChI is InChI=1S/C37H31F2N9O2S/c1-45-32-9-4-12-46(17-24-19-51-21-42-24)37(49)33-15-26(50-25-6-2-5-22(13-25)27-7-3-8-30(44-45)34(27)32)18-47(33)35-28-16-43-48(36(28)41-20-40-35)31-11-10-23(38)14-29(31)39/h2-3,5-8,10-11,13-14,16,19-21,26,33H,4,9,12,15,17-18H2,1H3/t26-,33-/m0/s1. The van der Waals surface area contributed by atoms with Crippen LogP contribution in [0.2, 0.25) is 0 Å². The Labute approximate surface area is 294 Å². The minimum Gasteiger partial charge on any atom is -0.488 e. The number of anilines is 1. The normalized spacial score (nSPS) is 17.9. The fourth-order valence-corrected chi connectivity index (χ4v) is 7.98. The Bertz CT molecular complexity index is 2430. The van der Waals surface area contributed by atoms with Crippen molar-refractivity contribution in [3.05, 3.63) is 107 Å². The van der Waals surface area contributed by atoms with E-state index in [0.717, 1.165) is 39.5 Å². The molecule has 14 heteroatoms. The third-order valence-corrected chi connectivity index (χ3v) is 10.4. The number of fused-ring (bicyclic) bond motifs is 6. The molecule has 0 saturated carbocycles. The highest BCUT2D eigenvalue weighted by Crippen LogP contribution is 2.37. The third kappa shape index (κ3) is 5.55. The summed E-state index contributed by atoms with van der Waals surface area (Å²) in [4.78, 5) is 32.2. The van der Waals surface area contributed by atoms with Crippen LogP contribution in [-0.4, -0.2) is 70.6 Å². The minimum atomic E-state index is -0.773. The first-order valence-corrected chi connectivity index (χ1v) is 17.6. The molecule has 1 fully saturated rings. The van der Waals surface area contributed by atoms with E-state index in [1.807, 2.05) is 57.2 Å². The van der Waals surface area contributed by atoms with Crippen molar-refractivity contribution in [2.75, 3.05) is 18.0 Å². The number of aromatic nitrogens is 7. The van der Waals surface area contributed by atoms with Crippen LogP contribution in [-0.2, 0) is 24.8 Å². The first kappa shape index (κ1) is 31.2. The molecule has 11 nitrogen and oxygen atoms in total. The van der Waals surface area contributed by atoms with Crippen molar-refractivity contribution in [2.45, 2.75) is 38.0 Å². The van der Waals surface area contributed by atoms with Crippen LogP contribution in [0.25, 0.3) is 38.8 Å². The summed E-state index contributed by atoms with van der Waals surface area (Å²) in [5.74, 6) is -0.367. The predicted octanol–water partition coefficient (Wildman–Crippen LogP) is 6.11. The van der Waals surface area contributed by atoms with E-state index in [1.54, 1.807) is 11.7 Å². The number of carbonyl (C=O) groups excluding carboxylic acids is 1. The van der Waals surface area contributed by atoms with Gasteiger partial charge in [-0.2, -0.15) is 10.2 Å². The van der Waals surface area contributed by atoms with Gasteiger partial charge in [-0.05, 0) is 54.3 Å². The third-order valence-electron chi connectivity index (χ3n) is 9.72. The van der Waals surface area contributed by atoms with Gasteiger partial charge in [-0.1, -0.05) is 24.3 Å².